The molecule has 1 aromatic rings. The molecule has 1 aliphatic heterocycles. The molecule has 0 aliphatic carbocycles. The van der Waals surface area contributed by atoms with Crippen LogP contribution in [0.25, 0.3) is 0 Å². The molecule has 2 rings (SSSR count). The van der Waals surface area contributed by atoms with Gasteiger partial charge in [-0.3, -0.25) is 4.79 Å². The van der Waals surface area contributed by atoms with Gasteiger partial charge in [0.1, 0.15) is 6.54 Å². The third-order valence-electron chi connectivity index (χ3n) is 4.55. The Kier molecular flexibility index (Phi) is 10.8. The van der Waals surface area contributed by atoms with Gasteiger partial charge in [0.15, 0.2) is 5.96 Å². The fourth-order valence-corrected chi connectivity index (χ4v) is 3.68. The van der Waals surface area contributed by atoms with E-state index in [1.165, 1.54) is 24.2 Å². The maximum Gasteiger partial charge on any atom is 0.243 e. The van der Waals surface area contributed by atoms with Gasteiger partial charge in [0, 0.05) is 44.4 Å². The van der Waals surface area contributed by atoms with Crippen molar-refractivity contribution in [3.63, 3.8) is 0 Å². The van der Waals surface area contributed by atoms with Gasteiger partial charge in [0.2, 0.25) is 5.91 Å². The van der Waals surface area contributed by atoms with Crippen LogP contribution in [0.3, 0.4) is 0 Å². The lowest BCUT2D eigenvalue weighted by Gasteiger charge is -2.22. The highest BCUT2D eigenvalue weighted by Gasteiger charge is 2.13. The molecule has 1 unspecified atom stereocenters. The van der Waals surface area contributed by atoms with Crippen molar-refractivity contribution in [3.05, 3.63) is 30.3 Å². The second-order valence-corrected chi connectivity index (χ2v) is 8.27. The number of likely N-dealkylation sites (N-methyl/N-ethyl adjacent to an activating group) is 1. The topological polar surface area (TPSA) is 66.0 Å². The predicted octanol–water partition coefficient (Wildman–Crippen LogP) is 2.75. The molecule has 1 atom stereocenters. The van der Waals surface area contributed by atoms with Crippen LogP contribution in [-0.2, 0) is 9.53 Å². The Bertz CT molecular complexity index is 589. The van der Waals surface area contributed by atoms with Crippen LogP contribution in [0.1, 0.15) is 32.1 Å². The van der Waals surface area contributed by atoms with Crippen LogP contribution in [0.2, 0.25) is 0 Å². The Labute approximate surface area is 173 Å². The zero-order valence-corrected chi connectivity index (χ0v) is 18.0. The maximum atomic E-state index is 11.8. The molecule has 0 spiro atoms. The molecule has 2 N–H and O–H groups in total. The van der Waals surface area contributed by atoms with Crippen molar-refractivity contribution in [2.24, 2.45) is 4.99 Å². The molecular formula is C21H34N4O2S. The summed E-state index contributed by atoms with van der Waals surface area (Å²) >= 11 is 1.80. The first-order valence-electron chi connectivity index (χ1n) is 10.2. The summed E-state index contributed by atoms with van der Waals surface area (Å²) in [7, 11) is 3.50. The van der Waals surface area contributed by atoms with Crippen molar-refractivity contribution < 1.29 is 9.53 Å². The Morgan fingerprint density at radius 1 is 1.21 bits per heavy atom. The minimum absolute atomic E-state index is 0.00429. The van der Waals surface area contributed by atoms with Crippen molar-refractivity contribution in [3.8, 4) is 0 Å². The lowest BCUT2D eigenvalue weighted by atomic mass is 10.0. The zero-order chi connectivity index (χ0) is 20.0. The van der Waals surface area contributed by atoms with E-state index >= 15 is 0 Å². The number of hydrogen-bond donors (Lipinski definition) is 2. The van der Waals surface area contributed by atoms with Crippen LogP contribution in [0.15, 0.2) is 40.2 Å². The van der Waals surface area contributed by atoms with Gasteiger partial charge in [-0.15, -0.1) is 11.8 Å². The lowest BCUT2D eigenvalue weighted by Crippen LogP contribution is -2.40. The van der Waals surface area contributed by atoms with E-state index in [0.29, 0.717) is 12.1 Å². The summed E-state index contributed by atoms with van der Waals surface area (Å²) in [5, 5.41) is 6.69. The fourth-order valence-electron chi connectivity index (χ4n) is 2.89. The zero-order valence-electron chi connectivity index (χ0n) is 17.2. The van der Waals surface area contributed by atoms with E-state index in [9.17, 15) is 4.79 Å². The largest absolute Gasteiger partial charge is 0.378 e. The molecule has 1 aliphatic rings. The summed E-state index contributed by atoms with van der Waals surface area (Å²) < 4.78 is 5.79. The second-order valence-electron chi connectivity index (χ2n) is 7.10. The molecule has 156 valence electrons. The van der Waals surface area contributed by atoms with Crippen LogP contribution in [0, 0.1) is 0 Å². The number of ether oxygens (including phenoxy) is 1. The molecule has 1 amide bonds. The summed E-state index contributed by atoms with van der Waals surface area (Å²) in [6, 6.07) is 10.3. The van der Waals surface area contributed by atoms with E-state index < -0.39 is 0 Å². The number of guanidine groups is 1. The lowest BCUT2D eigenvalue weighted by molar-refractivity contribution is -0.127. The van der Waals surface area contributed by atoms with Crippen molar-refractivity contribution in [1.29, 1.82) is 0 Å². The summed E-state index contributed by atoms with van der Waals surface area (Å²) in [6.07, 6.45) is 6.15. The number of carbonyl (C=O) groups excluding carboxylic acids is 1. The molecule has 6 nitrogen and oxygen atoms in total. The van der Waals surface area contributed by atoms with Crippen LogP contribution in [-0.4, -0.2) is 69.0 Å². The normalized spacial score (nSPS) is 17.2. The fraction of sp³-hybridized carbons (Fsp3) is 0.619. The molecule has 0 aromatic heterocycles. The van der Waals surface area contributed by atoms with Crippen LogP contribution >= 0.6 is 11.8 Å². The number of carbonyl (C=O) groups is 1. The van der Waals surface area contributed by atoms with Gasteiger partial charge in [-0.05, 0) is 44.2 Å². The standard InChI is InChI=1S/C21H34N4O2S/c1-25(2)20(26)17-24-21(22-13-8-10-18-9-6-7-15-27-18)23-14-16-28-19-11-4-3-5-12-19/h3-5,11-12,18H,6-10,13-17H2,1-2H3,(H2,22,23,24). The number of aliphatic imine (C=N–C) groups is 1. The monoisotopic (exact) mass is 406 g/mol. The molecule has 1 fully saturated rings. The number of nitrogens with one attached hydrogen (secondary N) is 2. The molecule has 1 heterocycles. The van der Waals surface area contributed by atoms with Gasteiger partial charge >= 0.3 is 0 Å². The average molecular weight is 407 g/mol. The first-order valence-corrected chi connectivity index (χ1v) is 11.2. The van der Waals surface area contributed by atoms with E-state index in [4.69, 9.17) is 4.74 Å². The third kappa shape index (κ3) is 9.46. The van der Waals surface area contributed by atoms with Gasteiger partial charge in [-0.25, -0.2) is 4.99 Å². The van der Waals surface area contributed by atoms with E-state index in [-0.39, 0.29) is 12.5 Å². The van der Waals surface area contributed by atoms with Gasteiger partial charge in [0.25, 0.3) is 0 Å². The highest BCUT2D eigenvalue weighted by molar-refractivity contribution is 7.99. The van der Waals surface area contributed by atoms with Crippen molar-refractivity contribution in [2.45, 2.75) is 43.1 Å². The van der Waals surface area contributed by atoms with Crippen molar-refractivity contribution >= 4 is 23.6 Å². The minimum atomic E-state index is -0.00429. The minimum Gasteiger partial charge on any atom is -0.378 e. The smallest absolute Gasteiger partial charge is 0.243 e. The Balaban J connectivity index is 1.71. The molecule has 28 heavy (non-hydrogen) atoms. The Hall–Kier alpha value is -1.73. The number of rotatable bonds is 10. The van der Waals surface area contributed by atoms with Crippen molar-refractivity contribution in [2.75, 3.05) is 46.1 Å². The first-order chi connectivity index (χ1) is 13.6. The highest BCUT2D eigenvalue weighted by Crippen LogP contribution is 2.17. The molecule has 1 aromatic carbocycles. The molecule has 0 radical (unpaired) electrons. The number of nitrogens with zero attached hydrogens (tertiary/aromatic N) is 2. The van der Waals surface area contributed by atoms with E-state index in [1.807, 2.05) is 18.2 Å². The van der Waals surface area contributed by atoms with Crippen molar-refractivity contribution in [1.82, 2.24) is 15.5 Å². The number of thioether (sulfide) groups is 1. The molecule has 7 heteroatoms. The van der Waals surface area contributed by atoms with Gasteiger partial charge in [-0.1, -0.05) is 18.2 Å². The second kappa shape index (κ2) is 13.4. The van der Waals surface area contributed by atoms with E-state index in [2.05, 4.69) is 27.8 Å². The van der Waals surface area contributed by atoms with Gasteiger partial charge < -0.3 is 20.3 Å². The first kappa shape index (κ1) is 22.6. The Morgan fingerprint density at radius 2 is 2.00 bits per heavy atom. The van der Waals surface area contributed by atoms with Crippen LogP contribution in [0.4, 0.5) is 0 Å². The Morgan fingerprint density at radius 3 is 2.71 bits per heavy atom. The summed E-state index contributed by atoms with van der Waals surface area (Å²) in [6.45, 7) is 2.67. The quantitative estimate of drug-likeness (QED) is 0.271. The summed E-state index contributed by atoms with van der Waals surface area (Å²) in [5.41, 5.74) is 0. The van der Waals surface area contributed by atoms with E-state index in [1.54, 1.807) is 30.8 Å². The third-order valence-corrected chi connectivity index (χ3v) is 5.56. The predicted molar refractivity (Wildman–Crippen MR) is 117 cm³/mol. The maximum absolute atomic E-state index is 11.8. The number of hydrogen-bond acceptors (Lipinski definition) is 4. The van der Waals surface area contributed by atoms with Crippen LogP contribution < -0.4 is 10.6 Å². The molecule has 0 bridgehead atoms. The van der Waals surface area contributed by atoms with Gasteiger partial charge in [-0.2, -0.15) is 0 Å². The summed E-state index contributed by atoms with van der Waals surface area (Å²) in [5.74, 6) is 1.63. The molecule has 0 saturated carbocycles. The average Bonchev–Trinajstić information content (AvgIpc) is 2.73. The number of amides is 1. The number of benzene rings is 1. The SMILES string of the molecule is CN(C)C(=O)CN=C(NCCCC1CCCCO1)NCCSc1ccccc1. The van der Waals surface area contributed by atoms with Crippen LogP contribution in [0.5, 0.6) is 0 Å². The van der Waals surface area contributed by atoms with E-state index in [0.717, 1.165) is 38.3 Å². The molecular weight excluding hydrogens is 372 g/mol. The van der Waals surface area contributed by atoms with Gasteiger partial charge in [0.05, 0.1) is 6.10 Å². The summed E-state index contributed by atoms with van der Waals surface area (Å²) in [4.78, 5) is 19.1. The highest BCUT2D eigenvalue weighted by atomic mass is 32.2. The molecule has 1 saturated heterocycles.